The number of para-hydroxylation sites is 3. The summed E-state index contributed by atoms with van der Waals surface area (Å²) in [5.41, 5.74) is 34.6. The molecule has 0 amide bonds. The van der Waals surface area contributed by atoms with E-state index in [0.717, 1.165) is 86.8 Å². The molecule has 1 aliphatic rings. The first-order valence-corrected chi connectivity index (χ1v) is 40.7. The molecule has 0 aliphatic heterocycles. The zero-order chi connectivity index (χ0) is 77.3. The van der Waals surface area contributed by atoms with Crippen LogP contribution in [0, 0.1) is 0 Å². The van der Waals surface area contributed by atoms with Gasteiger partial charge < -0.3 is 13.7 Å². The molecule has 0 N–H and O–H groups in total. The van der Waals surface area contributed by atoms with E-state index in [-0.39, 0.29) is 17.8 Å². The molecule has 6 heterocycles. The monoisotopic (exact) mass is 1490 g/mol. The first-order valence-electron chi connectivity index (χ1n) is 40.7. The molecule has 1 aliphatic carbocycles. The zero-order valence-electron chi connectivity index (χ0n) is 64.4. The molecule has 6 nitrogen and oxygen atoms in total. The van der Waals surface area contributed by atoms with Crippen LogP contribution in [0.1, 0.15) is 53.7 Å². The summed E-state index contributed by atoms with van der Waals surface area (Å²) < 4.78 is 7.21. The second kappa shape index (κ2) is 29.3. The van der Waals surface area contributed by atoms with Crippen molar-refractivity contribution in [2.75, 3.05) is 0 Å². The van der Waals surface area contributed by atoms with E-state index in [1.807, 2.05) is 0 Å². The van der Waals surface area contributed by atoms with Crippen LogP contribution in [0.25, 0.3) is 183 Å². The Balaban J connectivity index is 0.598. The van der Waals surface area contributed by atoms with E-state index in [4.69, 9.17) is 15.0 Å². The summed E-state index contributed by atoms with van der Waals surface area (Å²) in [6.07, 6.45) is 9.21. The number of aromatic nitrogens is 6. The fourth-order valence-corrected chi connectivity index (χ4v) is 19.2. The second-order valence-corrected chi connectivity index (χ2v) is 31.4. The number of hydrogen-bond donors (Lipinski definition) is 0. The third kappa shape index (κ3) is 12.5. The molecule has 0 bridgehead atoms. The lowest BCUT2D eigenvalue weighted by Gasteiger charge is -2.38. The van der Waals surface area contributed by atoms with Gasteiger partial charge in [-0.1, -0.05) is 291 Å². The van der Waals surface area contributed by atoms with Crippen LogP contribution in [0.4, 0.5) is 0 Å². The highest BCUT2D eigenvalue weighted by Gasteiger charge is 2.35. The Bertz CT molecular complexity index is 6630. The Morgan fingerprint density at radius 1 is 0.179 bits per heavy atom. The molecule has 0 radical (unpaired) electrons. The van der Waals surface area contributed by atoms with Crippen LogP contribution in [-0.2, 0) is 0 Å². The van der Waals surface area contributed by atoms with Crippen molar-refractivity contribution in [2.24, 2.45) is 0 Å². The smallest absolute Gasteiger partial charge is 0.0703 e. The number of pyridine rings is 3. The van der Waals surface area contributed by atoms with Crippen molar-refractivity contribution in [1.82, 2.24) is 28.7 Å². The molecule has 1 fully saturated rings. The minimum atomic E-state index is 0.193. The third-order valence-electron chi connectivity index (χ3n) is 24.7. The van der Waals surface area contributed by atoms with E-state index in [2.05, 4.69) is 433 Å². The summed E-state index contributed by atoms with van der Waals surface area (Å²) in [6, 6.07) is 147. The largest absolute Gasteiger partial charge is 0.309 e. The van der Waals surface area contributed by atoms with Gasteiger partial charge >= 0.3 is 0 Å². The van der Waals surface area contributed by atoms with Crippen molar-refractivity contribution < 1.29 is 0 Å². The van der Waals surface area contributed by atoms with Crippen molar-refractivity contribution in [3.05, 3.63) is 436 Å². The Labute approximate surface area is 679 Å². The lowest BCUT2D eigenvalue weighted by atomic mass is 9.66. The van der Waals surface area contributed by atoms with Gasteiger partial charge in [-0.2, -0.15) is 0 Å². The van der Waals surface area contributed by atoms with Crippen LogP contribution in [0.2, 0.25) is 0 Å². The summed E-state index contributed by atoms with van der Waals surface area (Å²) in [6.45, 7) is 0. The van der Waals surface area contributed by atoms with Gasteiger partial charge in [0.05, 0.1) is 50.2 Å². The fourth-order valence-electron chi connectivity index (χ4n) is 19.2. The highest BCUT2D eigenvalue weighted by atomic mass is 15.0. The SMILES string of the molecule is c1ccc(-c2ccc3c(c2)c2ccccc2n3-c2cccc(-c3ccc(-c4ccccc4C4CC(c5ccccc5-c5ccc(-c6cccc(-n7c8ccccc8c8cc(-c9ccccc9)ccc87)c6)nc5)CC(c5ccccc5-c5ccc(-c6cccc(-n7c8ccccc8c8cc(-c9ccccc9)ccc87)c6)nc5)C4)cn3)c2)cc1. The van der Waals surface area contributed by atoms with E-state index in [0.29, 0.717) is 0 Å². The summed E-state index contributed by atoms with van der Waals surface area (Å²) in [7, 11) is 0. The molecule has 0 saturated heterocycles. The van der Waals surface area contributed by atoms with Gasteiger partial charge in [0.2, 0.25) is 0 Å². The Hall–Kier alpha value is -14.9. The van der Waals surface area contributed by atoms with Crippen molar-refractivity contribution in [1.29, 1.82) is 0 Å². The maximum atomic E-state index is 5.34. The van der Waals surface area contributed by atoms with Crippen molar-refractivity contribution in [3.63, 3.8) is 0 Å². The lowest BCUT2D eigenvalue weighted by molar-refractivity contribution is 0.353. The number of fused-ring (bicyclic) bond motifs is 9. The van der Waals surface area contributed by atoms with Crippen molar-refractivity contribution in [2.45, 2.75) is 37.0 Å². The van der Waals surface area contributed by atoms with Gasteiger partial charge in [0, 0.05) is 101 Å². The normalized spacial score (nSPS) is 14.3. The zero-order valence-corrected chi connectivity index (χ0v) is 64.4. The summed E-state index contributed by atoms with van der Waals surface area (Å²) >= 11 is 0. The van der Waals surface area contributed by atoms with Crippen LogP contribution in [-0.4, -0.2) is 28.7 Å². The molecule has 117 heavy (non-hydrogen) atoms. The minimum Gasteiger partial charge on any atom is -0.309 e. The molecule has 0 atom stereocenters. The van der Waals surface area contributed by atoms with Gasteiger partial charge in [-0.25, -0.2) is 0 Å². The van der Waals surface area contributed by atoms with Crippen LogP contribution >= 0.6 is 0 Å². The standard InChI is InChI=1S/C111H78N6/c1-4-25-73(26-5-1)76-52-58-109-100(67-76)97-43-16-19-46-106(97)115(109)88-34-22-31-79(64-88)103-55-49-82(70-112-103)91-37-10-13-40-94(91)85-61-86(95-41-14-11-38-92(95)83-50-56-104(113-71-83)80-32-23-35-89(65-80)116-107-47-20-17-44-98(107)101-68-77(53-59-110(101)116)74-27-6-2-7-28-74)63-87(62-85)96-42-15-12-39-93(96)84-51-57-105(114-72-84)81-33-24-36-90(66-81)117-108-48-21-18-45-99(108)102-69-78(54-60-111(102)117)75-29-8-3-9-30-75/h1-60,64-72,85-87H,61-63H2. The van der Waals surface area contributed by atoms with E-state index < -0.39 is 0 Å². The van der Waals surface area contributed by atoms with Crippen LogP contribution < -0.4 is 0 Å². The van der Waals surface area contributed by atoms with Crippen LogP contribution in [0.3, 0.4) is 0 Å². The first kappa shape index (κ1) is 68.9. The average Bonchev–Trinajstić information content (AvgIpc) is 1.64. The van der Waals surface area contributed by atoms with Crippen LogP contribution in [0.15, 0.2) is 419 Å². The maximum absolute atomic E-state index is 5.34. The topological polar surface area (TPSA) is 53.5 Å². The predicted octanol–water partition coefficient (Wildman–Crippen LogP) is 29.0. The average molecular weight is 1500 g/mol. The maximum Gasteiger partial charge on any atom is 0.0703 e. The Kier molecular flexibility index (Phi) is 17.2. The predicted molar refractivity (Wildman–Crippen MR) is 487 cm³/mol. The van der Waals surface area contributed by atoms with Gasteiger partial charge in [-0.05, 0) is 213 Å². The van der Waals surface area contributed by atoms with Gasteiger partial charge in [-0.15, -0.1) is 0 Å². The molecule has 6 aromatic heterocycles. The number of hydrogen-bond acceptors (Lipinski definition) is 3. The quantitative estimate of drug-likeness (QED) is 0.103. The number of benzene rings is 15. The third-order valence-corrected chi connectivity index (χ3v) is 24.7. The summed E-state index contributed by atoms with van der Waals surface area (Å²) in [4.78, 5) is 16.0. The van der Waals surface area contributed by atoms with E-state index in [1.54, 1.807) is 0 Å². The van der Waals surface area contributed by atoms with Gasteiger partial charge in [0.15, 0.2) is 0 Å². The Morgan fingerprint density at radius 3 is 0.735 bits per heavy atom. The molecule has 552 valence electrons. The molecule has 0 unspecified atom stereocenters. The van der Waals surface area contributed by atoms with Gasteiger partial charge in [-0.3, -0.25) is 15.0 Å². The number of nitrogens with zero attached hydrogens (tertiary/aromatic N) is 6. The van der Waals surface area contributed by atoms with Crippen molar-refractivity contribution >= 4 is 65.4 Å². The molecule has 21 aromatic rings. The van der Waals surface area contributed by atoms with Crippen molar-refractivity contribution in [3.8, 4) is 118 Å². The molecule has 6 heteroatoms. The second-order valence-electron chi connectivity index (χ2n) is 31.4. The Morgan fingerprint density at radius 2 is 0.436 bits per heavy atom. The first-order chi connectivity index (χ1) is 58.0. The summed E-state index contributed by atoms with van der Waals surface area (Å²) in [5.74, 6) is 0.580. The van der Waals surface area contributed by atoms with E-state index in [9.17, 15) is 0 Å². The van der Waals surface area contributed by atoms with Crippen LogP contribution in [0.5, 0.6) is 0 Å². The molecular formula is C111H78N6. The molecule has 1 saturated carbocycles. The van der Waals surface area contributed by atoms with E-state index >= 15 is 0 Å². The minimum absolute atomic E-state index is 0.193. The highest BCUT2D eigenvalue weighted by Crippen LogP contribution is 2.53. The highest BCUT2D eigenvalue weighted by molar-refractivity contribution is 6.13. The molecule has 0 spiro atoms. The molecular weight excluding hydrogens is 1420 g/mol. The fraction of sp³-hybridized carbons (Fsp3) is 0.0541. The summed E-state index contributed by atoms with van der Waals surface area (Å²) in [5, 5.41) is 7.38. The van der Waals surface area contributed by atoms with Gasteiger partial charge in [0.25, 0.3) is 0 Å². The number of rotatable bonds is 15. The lowest BCUT2D eigenvalue weighted by Crippen LogP contribution is -2.21. The molecule has 15 aromatic carbocycles. The van der Waals surface area contributed by atoms with Gasteiger partial charge in [0.1, 0.15) is 0 Å². The molecule has 22 rings (SSSR count). The van der Waals surface area contributed by atoms with E-state index in [1.165, 1.54) is 132 Å².